The van der Waals surface area contributed by atoms with Gasteiger partial charge < -0.3 is 14.4 Å². The van der Waals surface area contributed by atoms with E-state index in [2.05, 4.69) is 13.8 Å². The van der Waals surface area contributed by atoms with Crippen LogP contribution in [-0.2, 0) is 9.47 Å². The summed E-state index contributed by atoms with van der Waals surface area (Å²) in [7, 11) is 1.65. The van der Waals surface area contributed by atoms with Crippen LogP contribution in [-0.4, -0.2) is 35.8 Å². The van der Waals surface area contributed by atoms with Gasteiger partial charge in [0.05, 0.1) is 13.4 Å². The van der Waals surface area contributed by atoms with Crippen LogP contribution in [0.15, 0.2) is 11.8 Å². The summed E-state index contributed by atoms with van der Waals surface area (Å²) in [5.41, 5.74) is 0.558. The lowest BCUT2D eigenvalue weighted by molar-refractivity contribution is -0.00131. The van der Waals surface area contributed by atoms with Crippen molar-refractivity contribution in [1.82, 2.24) is 4.90 Å². The molecule has 1 amide bonds. The molecule has 0 aromatic carbocycles. The highest BCUT2D eigenvalue weighted by Crippen LogP contribution is 2.32. The molecule has 1 saturated heterocycles. The molecule has 4 nitrogen and oxygen atoms in total. The topological polar surface area (TPSA) is 38.8 Å². The highest BCUT2D eigenvalue weighted by atomic mass is 16.6. The quantitative estimate of drug-likeness (QED) is 0.675. The summed E-state index contributed by atoms with van der Waals surface area (Å²) in [4.78, 5) is 14.0. The Morgan fingerprint density at radius 1 is 1.39 bits per heavy atom. The molecule has 1 aliphatic rings. The number of likely N-dealkylation sites (tertiary alicyclic amines) is 1. The molecule has 1 rings (SSSR count). The van der Waals surface area contributed by atoms with Crippen LogP contribution in [0.5, 0.6) is 0 Å². The fourth-order valence-electron chi connectivity index (χ4n) is 2.22. The van der Waals surface area contributed by atoms with Crippen LogP contribution in [0.2, 0.25) is 0 Å². The smallest absolute Gasteiger partial charge is 0.410 e. The predicted molar refractivity (Wildman–Crippen MR) is 71.3 cm³/mol. The van der Waals surface area contributed by atoms with Gasteiger partial charge in [0.15, 0.2) is 0 Å². The van der Waals surface area contributed by atoms with E-state index in [-0.39, 0.29) is 11.6 Å². The van der Waals surface area contributed by atoms with Gasteiger partial charge >= 0.3 is 6.09 Å². The first-order valence-electron chi connectivity index (χ1n) is 6.37. The van der Waals surface area contributed by atoms with Gasteiger partial charge in [-0.25, -0.2) is 4.79 Å². The summed E-state index contributed by atoms with van der Waals surface area (Å²) in [5.74, 6) is 0. The van der Waals surface area contributed by atoms with Crippen molar-refractivity contribution in [2.45, 2.75) is 58.6 Å². The van der Waals surface area contributed by atoms with Gasteiger partial charge in [0, 0.05) is 12.1 Å². The van der Waals surface area contributed by atoms with Gasteiger partial charge in [-0.1, -0.05) is 0 Å². The van der Waals surface area contributed by atoms with E-state index in [4.69, 9.17) is 9.47 Å². The van der Waals surface area contributed by atoms with Crippen LogP contribution < -0.4 is 0 Å². The lowest BCUT2D eigenvalue weighted by Gasteiger charge is -2.43. The van der Waals surface area contributed by atoms with Crippen molar-refractivity contribution in [3.63, 3.8) is 0 Å². The minimum absolute atomic E-state index is 0.231. The molecule has 0 unspecified atom stereocenters. The maximum absolute atomic E-state index is 12.1. The molecule has 0 aromatic heterocycles. The van der Waals surface area contributed by atoms with Crippen LogP contribution in [0.4, 0.5) is 4.79 Å². The Labute approximate surface area is 110 Å². The summed E-state index contributed by atoms with van der Waals surface area (Å²) in [5, 5.41) is 0. The largest absolute Gasteiger partial charge is 0.504 e. The molecule has 4 heteroatoms. The average Bonchev–Trinajstić information content (AvgIpc) is 2.13. The van der Waals surface area contributed by atoms with Crippen molar-refractivity contribution in [3.8, 4) is 0 Å². The minimum atomic E-state index is -0.449. The zero-order valence-electron chi connectivity index (χ0n) is 12.4. The summed E-state index contributed by atoms with van der Waals surface area (Å²) >= 11 is 0. The van der Waals surface area contributed by atoms with Crippen molar-refractivity contribution in [3.05, 3.63) is 11.8 Å². The lowest BCUT2D eigenvalue weighted by atomic mass is 9.88. The summed E-state index contributed by atoms with van der Waals surface area (Å²) in [6.45, 7) is 10.4. The molecule has 0 spiro atoms. The fourth-order valence-corrected chi connectivity index (χ4v) is 2.22. The third-order valence-corrected chi connectivity index (χ3v) is 2.95. The van der Waals surface area contributed by atoms with Crippen LogP contribution in [0.1, 0.15) is 47.5 Å². The number of carbonyl (C=O) groups is 1. The van der Waals surface area contributed by atoms with Gasteiger partial charge in [0.2, 0.25) is 0 Å². The Balaban J connectivity index is 2.74. The first-order chi connectivity index (χ1) is 8.15. The molecule has 0 atom stereocenters. The zero-order chi connectivity index (χ0) is 14.0. The van der Waals surface area contributed by atoms with Gasteiger partial charge in [0.1, 0.15) is 5.60 Å². The van der Waals surface area contributed by atoms with Gasteiger partial charge in [-0.05, 0) is 53.0 Å². The summed E-state index contributed by atoms with van der Waals surface area (Å²) in [6, 6.07) is 0. The number of methoxy groups -OCH3 is 1. The van der Waals surface area contributed by atoms with E-state index in [1.165, 1.54) is 5.57 Å². The molecule has 1 aliphatic heterocycles. The third-order valence-electron chi connectivity index (χ3n) is 2.95. The highest BCUT2D eigenvalue weighted by molar-refractivity contribution is 5.69. The molecule has 1 heterocycles. The van der Waals surface area contributed by atoms with Gasteiger partial charge in [-0.15, -0.1) is 0 Å². The van der Waals surface area contributed by atoms with Crippen molar-refractivity contribution in [1.29, 1.82) is 0 Å². The average molecular weight is 255 g/mol. The number of nitrogens with zero attached hydrogens (tertiary/aromatic N) is 1. The van der Waals surface area contributed by atoms with Crippen molar-refractivity contribution < 1.29 is 14.3 Å². The molecule has 0 bridgehead atoms. The first-order valence-corrected chi connectivity index (χ1v) is 6.37. The Hall–Kier alpha value is -1.19. The molecule has 1 fully saturated rings. The van der Waals surface area contributed by atoms with E-state index >= 15 is 0 Å². The van der Waals surface area contributed by atoms with Crippen LogP contribution in [0, 0.1) is 0 Å². The Bertz CT molecular complexity index is 339. The number of hydrogen-bond donors (Lipinski definition) is 0. The van der Waals surface area contributed by atoms with Gasteiger partial charge in [-0.3, -0.25) is 0 Å². The molecule has 0 saturated carbocycles. The lowest BCUT2D eigenvalue weighted by Crippen LogP contribution is -2.52. The predicted octanol–water partition coefficient (Wildman–Crippen LogP) is 3.33. The van der Waals surface area contributed by atoms with Crippen LogP contribution in [0.3, 0.4) is 0 Å². The van der Waals surface area contributed by atoms with Gasteiger partial charge in [-0.2, -0.15) is 0 Å². The number of amides is 1. The van der Waals surface area contributed by atoms with Gasteiger partial charge in [0.25, 0.3) is 0 Å². The van der Waals surface area contributed by atoms with Crippen LogP contribution in [0.25, 0.3) is 0 Å². The van der Waals surface area contributed by atoms with Crippen molar-refractivity contribution in [2.24, 2.45) is 0 Å². The van der Waals surface area contributed by atoms with E-state index < -0.39 is 5.60 Å². The van der Waals surface area contributed by atoms with E-state index in [0.29, 0.717) is 6.54 Å². The molecule has 0 N–H and O–H groups in total. The first kappa shape index (κ1) is 14.9. The maximum atomic E-state index is 12.1. The van der Waals surface area contributed by atoms with E-state index in [0.717, 1.165) is 12.8 Å². The second kappa shape index (κ2) is 5.21. The van der Waals surface area contributed by atoms with E-state index in [9.17, 15) is 4.79 Å². The number of rotatable bonds is 1. The summed E-state index contributed by atoms with van der Waals surface area (Å²) < 4.78 is 10.5. The Morgan fingerprint density at radius 2 is 2.00 bits per heavy atom. The molecule has 104 valence electrons. The number of piperidine rings is 1. The van der Waals surface area contributed by atoms with Crippen LogP contribution >= 0.6 is 0 Å². The molecular formula is C14H25NO3. The maximum Gasteiger partial charge on any atom is 0.410 e. The second-order valence-corrected chi connectivity index (χ2v) is 6.38. The summed E-state index contributed by atoms with van der Waals surface area (Å²) in [6.07, 6.45) is 3.22. The Kier molecular flexibility index (Phi) is 4.30. The van der Waals surface area contributed by atoms with Crippen molar-refractivity contribution >= 4 is 6.09 Å². The normalized spacial score (nSPS) is 21.9. The molecule has 0 aromatic rings. The highest BCUT2D eigenvalue weighted by Gasteiger charge is 2.37. The number of ether oxygens (including phenoxy) is 2. The number of carbonyl (C=O) groups excluding carboxylic acids is 1. The van der Waals surface area contributed by atoms with E-state index in [1.54, 1.807) is 13.4 Å². The van der Waals surface area contributed by atoms with E-state index in [1.807, 2.05) is 25.7 Å². The molecule has 18 heavy (non-hydrogen) atoms. The number of hydrogen-bond acceptors (Lipinski definition) is 3. The monoisotopic (exact) mass is 255 g/mol. The Morgan fingerprint density at radius 3 is 2.44 bits per heavy atom. The SMILES string of the molecule is COC=C1CCN(C(=O)OC(C)(C)C)C(C)(C)C1. The molecule has 0 aliphatic carbocycles. The minimum Gasteiger partial charge on any atom is -0.504 e. The third kappa shape index (κ3) is 3.93. The molecule has 0 radical (unpaired) electrons. The fraction of sp³-hybridized carbons (Fsp3) is 0.786. The zero-order valence-corrected chi connectivity index (χ0v) is 12.4. The molecular weight excluding hydrogens is 230 g/mol. The van der Waals surface area contributed by atoms with Crippen molar-refractivity contribution in [2.75, 3.05) is 13.7 Å². The standard InChI is InChI=1S/C14H25NO3/c1-13(2,3)18-12(16)15-8-7-11(10-17-6)9-14(15,4)5/h10H,7-9H2,1-6H3. The second-order valence-electron chi connectivity index (χ2n) is 6.38.